The standard InChI is InChI=1S/C21H21FN4O2/c22-18-8-4-5-15(13-18)14-23-19(27)16-9-11-26(12-10-16)21-25-24-20(28-21)17-6-2-1-3-7-17/h1-8,13,16H,9-12,14H2,(H,23,27). The molecule has 0 atom stereocenters. The SMILES string of the molecule is O=C(NCc1cccc(F)c1)C1CCN(c2nnc(-c3ccccc3)o2)CC1. The Kier molecular flexibility index (Phi) is 5.32. The number of carbonyl (C=O) groups excluding carboxylic acids is 1. The smallest absolute Gasteiger partial charge is 0.318 e. The highest BCUT2D eigenvalue weighted by molar-refractivity contribution is 5.78. The number of carbonyl (C=O) groups is 1. The van der Waals surface area contributed by atoms with Crippen molar-refractivity contribution in [2.24, 2.45) is 5.92 Å². The van der Waals surface area contributed by atoms with Gasteiger partial charge in [0.15, 0.2) is 0 Å². The van der Waals surface area contributed by atoms with E-state index in [0.29, 0.717) is 44.4 Å². The molecule has 0 saturated carbocycles. The number of anilines is 1. The van der Waals surface area contributed by atoms with Crippen LogP contribution in [0.2, 0.25) is 0 Å². The quantitative estimate of drug-likeness (QED) is 0.734. The fraction of sp³-hybridized carbons (Fsp3) is 0.286. The van der Waals surface area contributed by atoms with Gasteiger partial charge < -0.3 is 14.6 Å². The molecule has 0 bridgehead atoms. The first-order valence-electron chi connectivity index (χ1n) is 9.35. The second kappa shape index (κ2) is 8.21. The third kappa shape index (κ3) is 4.19. The number of nitrogens with one attached hydrogen (secondary N) is 1. The van der Waals surface area contributed by atoms with Gasteiger partial charge in [-0.1, -0.05) is 35.4 Å². The second-order valence-electron chi connectivity index (χ2n) is 6.86. The summed E-state index contributed by atoms with van der Waals surface area (Å²) in [6.07, 6.45) is 1.41. The first-order valence-corrected chi connectivity index (χ1v) is 9.35. The van der Waals surface area contributed by atoms with Crippen LogP contribution in [0.3, 0.4) is 0 Å². The highest BCUT2D eigenvalue weighted by Gasteiger charge is 2.27. The van der Waals surface area contributed by atoms with Gasteiger partial charge in [0.25, 0.3) is 0 Å². The lowest BCUT2D eigenvalue weighted by molar-refractivity contribution is -0.125. The number of aromatic nitrogens is 2. The maximum atomic E-state index is 13.2. The number of halogens is 1. The van der Waals surface area contributed by atoms with E-state index in [0.717, 1.165) is 11.1 Å². The number of hydrogen-bond acceptors (Lipinski definition) is 5. The van der Waals surface area contributed by atoms with E-state index in [1.807, 2.05) is 35.2 Å². The molecule has 0 aliphatic carbocycles. The Labute approximate surface area is 162 Å². The third-order valence-corrected chi connectivity index (χ3v) is 4.93. The average molecular weight is 380 g/mol. The van der Waals surface area contributed by atoms with Crippen molar-refractivity contribution < 1.29 is 13.6 Å². The Hall–Kier alpha value is -3.22. The second-order valence-corrected chi connectivity index (χ2v) is 6.86. The highest BCUT2D eigenvalue weighted by Crippen LogP contribution is 2.26. The highest BCUT2D eigenvalue weighted by atomic mass is 19.1. The molecule has 1 N–H and O–H groups in total. The van der Waals surface area contributed by atoms with Crippen LogP contribution in [0.5, 0.6) is 0 Å². The fourth-order valence-corrected chi connectivity index (χ4v) is 3.35. The Balaban J connectivity index is 1.30. The molecule has 2 heterocycles. The summed E-state index contributed by atoms with van der Waals surface area (Å²) >= 11 is 0. The summed E-state index contributed by atoms with van der Waals surface area (Å²) in [5.74, 6) is 0.126. The van der Waals surface area contributed by atoms with Crippen molar-refractivity contribution in [1.29, 1.82) is 0 Å². The van der Waals surface area contributed by atoms with Crippen LogP contribution in [0.15, 0.2) is 59.0 Å². The normalized spacial score (nSPS) is 14.8. The third-order valence-electron chi connectivity index (χ3n) is 4.93. The van der Waals surface area contributed by atoms with Crippen LogP contribution in [-0.4, -0.2) is 29.2 Å². The average Bonchev–Trinajstić information content (AvgIpc) is 3.23. The van der Waals surface area contributed by atoms with Crippen molar-refractivity contribution in [2.75, 3.05) is 18.0 Å². The zero-order valence-electron chi connectivity index (χ0n) is 15.3. The van der Waals surface area contributed by atoms with E-state index in [-0.39, 0.29) is 17.6 Å². The van der Waals surface area contributed by atoms with Crippen LogP contribution in [0, 0.1) is 11.7 Å². The monoisotopic (exact) mass is 380 g/mol. The Bertz CT molecular complexity index is 936. The van der Waals surface area contributed by atoms with E-state index in [1.54, 1.807) is 12.1 Å². The molecule has 0 unspecified atom stereocenters. The molecule has 4 rings (SSSR count). The summed E-state index contributed by atoms with van der Waals surface area (Å²) < 4.78 is 19.0. The first kappa shape index (κ1) is 18.2. The molecule has 1 aromatic heterocycles. The van der Waals surface area contributed by atoms with Crippen molar-refractivity contribution in [1.82, 2.24) is 15.5 Å². The lowest BCUT2D eigenvalue weighted by atomic mass is 9.96. The molecule has 6 nitrogen and oxygen atoms in total. The molecule has 1 fully saturated rings. The van der Waals surface area contributed by atoms with Gasteiger partial charge in [0, 0.05) is 31.1 Å². The molecule has 2 aromatic carbocycles. The van der Waals surface area contributed by atoms with Crippen molar-refractivity contribution >= 4 is 11.9 Å². The molecule has 0 radical (unpaired) electrons. The lowest BCUT2D eigenvalue weighted by Gasteiger charge is -2.29. The van der Waals surface area contributed by atoms with Gasteiger partial charge in [0.05, 0.1) is 0 Å². The maximum Gasteiger partial charge on any atom is 0.318 e. The van der Waals surface area contributed by atoms with Crippen LogP contribution in [0.25, 0.3) is 11.5 Å². The summed E-state index contributed by atoms with van der Waals surface area (Å²) in [5, 5.41) is 11.2. The Morgan fingerprint density at radius 3 is 2.64 bits per heavy atom. The van der Waals surface area contributed by atoms with Gasteiger partial charge in [-0.25, -0.2) is 4.39 Å². The number of amides is 1. The van der Waals surface area contributed by atoms with Gasteiger partial charge in [0.2, 0.25) is 11.8 Å². The van der Waals surface area contributed by atoms with Crippen LogP contribution in [-0.2, 0) is 11.3 Å². The Morgan fingerprint density at radius 1 is 1.11 bits per heavy atom. The van der Waals surface area contributed by atoms with Crippen LogP contribution < -0.4 is 10.2 Å². The summed E-state index contributed by atoms with van der Waals surface area (Å²) in [6, 6.07) is 16.4. The van der Waals surface area contributed by atoms with Gasteiger partial charge in [-0.2, -0.15) is 0 Å². The minimum absolute atomic E-state index is 0.000542. The minimum Gasteiger partial charge on any atom is -0.403 e. The number of nitrogens with zero attached hydrogens (tertiary/aromatic N) is 3. The zero-order chi connectivity index (χ0) is 19.3. The molecule has 1 aliphatic rings. The van der Waals surface area contributed by atoms with Gasteiger partial charge in [-0.3, -0.25) is 4.79 Å². The van der Waals surface area contributed by atoms with Gasteiger partial charge in [-0.15, -0.1) is 5.10 Å². The number of rotatable bonds is 5. The predicted molar refractivity (Wildman–Crippen MR) is 103 cm³/mol. The van der Waals surface area contributed by atoms with E-state index in [4.69, 9.17) is 4.42 Å². The summed E-state index contributed by atoms with van der Waals surface area (Å²) in [6.45, 7) is 1.68. The minimum atomic E-state index is -0.297. The van der Waals surface area contributed by atoms with E-state index >= 15 is 0 Å². The molecular weight excluding hydrogens is 359 g/mol. The number of benzene rings is 2. The maximum absolute atomic E-state index is 13.2. The summed E-state index contributed by atoms with van der Waals surface area (Å²) in [5.41, 5.74) is 1.64. The van der Waals surface area contributed by atoms with E-state index in [9.17, 15) is 9.18 Å². The summed E-state index contributed by atoms with van der Waals surface area (Å²) in [7, 11) is 0. The van der Waals surface area contributed by atoms with Gasteiger partial charge >= 0.3 is 6.01 Å². The van der Waals surface area contributed by atoms with Crippen molar-refractivity contribution in [3.8, 4) is 11.5 Å². The molecule has 28 heavy (non-hydrogen) atoms. The molecule has 144 valence electrons. The number of piperidine rings is 1. The first-order chi connectivity index (χ1) is 13.7. The molecule has 1 saturated heterocycles. The molecule has 1 aliphatic heterocycles. The Morgan fingerprint density at radius 2 is 1.89 bits per heavy atom. The predicted octanol–water partition coefficient (Wildman–Crippen LogP) is 3.41. The lowest BCUT2D eigenvalue weighted by Crippen LogP contribution is -2.40. The molecule has 7 heteroatoms. The fourth-order valence-electron chi connectivity index (χ4n) is 3.35. The zero-order valence-corrected chi connectivity index (χ0v) is 15.3. The molecule has 1 amide bonds. The van der Waals surface area contributed by atoms with E-state index in [1.165, 1.54) is 12.1 Å². The van der Waals surface area contributed by atoms with Gasteiger partial charge in [-0.05, 0) is 42.7 Å². The molecule has 0 spiro atoms. The van der Waals surface area contributed by atoms with E-state index < -0.39 is 0 Å². The largest absolute Gasteiger partial charge is 0.403 e. The van der Waals surface area contributed by atoms with Crippen LogP contribution in [0.4, 0.5) is 10.4 Å². The molecule has 3 aromatic rings. The van der Waals surface area contributed by atoms with Crippen molar-refractivity contribution in [2.45, 2.75) is 19.4 Å². The summed E-state index contributed by atoms with van der Waals surface area (Å²) in [4.78, 5) is 14.4. The van der Waals surface area contributed by atoms with E-state index in [2.05, 4.69) is 15.5 Å². The van der Waals surface area contributed by atoms with Crippen molar-refractivity contribution in [3.05, 3.63) is 66.0 Å². The number of hydrogen-bond donors (Lipinski definition) is 1. The topological polar surface area (TPSA) is 71.3 Å². The van der Waals surface area contributed by atoms with Crippen molar-refractivity contribution in [3.63, 3.8) is 0 Å². The molecular formula is C21H21FN4O2. The van der Waals surface area contributed by atoms with Crippen LogP contribution in [0.1, 0.15) is 18.4 Å². The van der Waals surface area contributed by atoms with Gasteiger partial charge in [0.1, 0.15) is 5.82 Å². The van der Waals surface area contributed by atoms with Crippen LogP contribution >= 0.6 is 0 Å².